The lowest BCUT2D eigenvalue weighted by atomic mass is 10.0. The topological polar surface area (TPSA) is 63.1 Å². The van der Waals surface area contributed by atoms with Crippen molar-refractivity contribution in [1.82, 2.24) is 9.97 Å². The van der Waals surface area contributed by atoms with Crippen molar-refractivity contribution in [3.05, 3.63) is 22.8 Å². The molecule has 0 amide bonds. The van der Waals surface area contributed by atoms with Crippen LogP contribution < -0.4 is 0 Å². The number of hydrogen-bond donors (Lipinski definition) is 1. The summed E-state index contributed by atoms with van der Waals surface area (Å²) in [6.45, 7) is 3.45. The third kappa shape index (κ3) is 4.50. The molecule has 19 heavy (non-hydrogen) atoms. The van der Waals surface area contributed by atoms with E-state index in [0.29, 0.717) is 29.8 Å². The van der Waals surface area contributed by atoms with Gasteiger partial charge in [0.1, 0.15) is 12.2 Å². The quantitative estimate of drug-likeness (QED) is 0.896. The van der Waals surface area contributed by atoms with E-state index in [1.807, 2.05) is 0 Å². The normalized spacial score (nSPS) is 11.6. The van der Waals surface area contributed by atoms with E-state index in [9.17, 15) is 18.0 Å². The minimum atomic E-state index is -4.37. The second-order valence-corrected chi connectivity index (χ2v) is 4.08. The molecule has 0 aliphatic heterocycles. The molecule has 4 nitrogen and oxygen atoms in total. The summed E-state index contributed by atoms with van der Waals surface area (Å²) in [5.41, 5.74) is 1.20. The third-order valence-corrected chi connectivity index (χ3v) is 2.58. The molecule has 0 aromatic carbocycles. The molecule has 1 N–H and O–H groups in total. The summed E-state index contributed by atoms with van der Waals surface area (Å²) in [5.74, 6) is -1.34. The molecule has 0 unspecified atom stereocenters. The van der Waals surface area contributed by atoms with Crippen LogP contribution in [-0.4, -0.2) is 27.2 Å². The van der Waals surface area contributed by atoms with Crippen molar-refractivity contribution in [2.45, 2.75) is 45.7 Å². The molecule has 1 aromatic rings. The van der Waals surface area contributed by atoms with Crippen LogP contribution in [0.3, 0.4) is 0 Å². The zero-order valence-corrected chi connectivity index (χ0v) is 10.7. The van der Waals surface area contributed by atoms with Gasteiger partial charge in [-0.25, -0.2) is 9.97 Å². The van der Waals surface area contributed by atoms with Gasteiger partial charge in [0.25, 0.3) is 0 Å². The van der Waals surface area contributed by atoms with Gasteiger partial charge in [0, 0.05) is 17.0 Å². The van der Waals surface area contributed by atoms with Crippen molar-refractivity contribution >= 4 is 5.97 Å². The highest BCUT2D eigenvalue weighted by atomic mass is 19.4. The molecule has 1 rings (SSSR count). The summed E-state index contributed by atoms with van der Waals surface area (Å²) in [6.07, 6.45) is -5.07. The van der Waals surface area contributed by atoms with Crippen molar-refractivity contribution in [3.63, 3.8) is 0 Å². The molecule has 106 valence electrons. The molecule has 0 radical (unpaired) electrons. The molecule has 0 bridgehead atoms. The summed E-state index contributed by atoms with van der Waals surface area (Å²) >= 11 is 0. The number of carbonyl (C=O) groups is 1. The Morgan fingerprint density at radius 2 is 1.63 bits per heavy atom. The minimum Gasteiger partial charge on any atom is -0.481 e. The summed E-state index contributed by atoms with van der Waals surface area (Å²) in [4.78, 5) is 18.5. The van der Waals surface area contributed by atoms with E-state index in [1.54, 1.807) is 13.8 Å². The van der Waals surface area contributed by atoms with Crippen LogP contribution in [0.5, 0.6) is 0 Å². The first-order valence-corrected chi connectivity index (χ1v) is 5.92. The summed E-state index contributed by atoms with van der Waals surface area (Å²) < 4.78 is 37.0. The highest BCUT2D eigenvalue weighted by molar-refractivity contribution is 5.71. The molecule has 0 saturated heterocycles. The van der Waals surface area contributed by atoms with Gasteiger partial charge in [-0.1, -0.05) is 13.8 Å². The lowest BCUT2D eigenvalue weighted by molar-refractivity contribution is -0.136. The number of alkyl halides is 3. The Labute approximate surface area is 108 Å². The Kier molecular flexibility index (Phi) is 4.85. The molecule has 1 aromatic heterocycles. The average molecular weight is 276 g/mol. The van der Waals surface area contributed by atoms with Gasteiger partial charge in [0.2, 0.25) is 0 Å². The smallest absolute Gasteiger partial charge is 0.396 e. The number of carboxylic acid groups (broad SMARTS) is 1. The van der Waals surface area contributed by atoms with Crippen molar-refractivity contribution in [1.29, 1.82) is 0 Å². The van der Waals surface area contributed by atoms with Crippen LogP contribution in [0.25, 0.3) is 0 Å². The first-order valence-electron chi connectivity index (χ1n) is 5.92. The molecular formula is C12H15F3N2O2. The van der Waals surface area contributed by atoms with Crippen LogP contribution in [0.1, 0.15) is 36.6 Å². The van der Waals surface area contributed by atoms with Gasteiger partial charge in [-0.3, -0.25) is 4.79 Å². The molecule has 7 heteroatoms. The number of aryl methyl sites for hydroxylation is 2. The van der Waals surface area contributed by atoms with Crippen molar-refractivity contribution in [2.75, 3.05) is 0 Å². The van der Waals surface area contributed by atoms with E-state index in [1.165, 1.54) is 0 Å². The zero-order chi connectivity index (χ0) is 14.6. The van der Waals surface area contributed by atoms with Crippen LogP contribution in [0.2, 0.25) is 0 Å². The Morgan fingerprint density at radius 1 is 1.16 bits per heavy atom. The predicted molar refractivity (Wildman–Crippen MR) is 61.9 cm³/mol. The van der Waals surface area contributed by atoms with Crippen LogP contribution >= 0.6 is 0 Å². The van der Waals surface area contributed by atoms with Crippen LogP contribution in [0, 0.1) is 0 Å². The van der Waals surface area contributed by atoms with Crippen LogP contribution in [-0.2, 0) is 30.5 Å². The fourth-order valence-corrected chi connectivity index (χ4v) is 1.84. The highest BCUT2D eigenvalue weighted by Gasteiger charge is 2.30. The summed E-state index contributed by atoms with van der Waals surface area (Å²) in [5, 5.41) is 8.83. The first kappa shape index (κ1) is 15.4. The third-order valence-electron chi connectivity index (χ3n) is 2.58. The van der Waals surface area contributed by atoms with Gasteiger partial charge in [-0.15, -0.1) is 0 Å². The van der Waals surface area contributed by atoms with Gasteiger partial charge in [0.15, 0.2) is 0 Å². The average Bonchev–Trinajstić information content (AvgIpc) is 2.27. The summed E-state index contributed by atoms with van der Waals surface area (Å²) in [6, 6.07) is 0. The fourth-order valence-electron chi connectivity index (χ4n) is 1.84. The van der Waals surface area contributed by atoms with Gasteiger partial charge in [-0.2, -0.15) is 13.2 Å². The molecule has 0 fully saturated rings. The number of aliphatic carboxylic acids is 1. The van der Waals surface area contributed by atoms with E-state index < -0.39 is 18.6 Å². The number of hydrogen-bond acceptors (Lipinski definition) is 3. The second-order valence-electron chi connectivity index (χ2n) is 4.08. The molecule has 0 saturated carbocycles. The maximum absolute atomic E-state index is 12.3. The van der Waals surface area contributed by atoms with Gasteiger partial charge < -0.3 is 5.11 Å². The summed E-state index contributed by atoms with van der Waals surface area (Å²) in [7, 11) is 0. The molecular weight excluding hydrogens is 261 g/mol. The van der Waals surface area contributed by atoms with Gasteiger partial charge in [-0.05, 0) is 12.8 Å². The van der Waals surface area contributed by atoms with Crippen molar-refractivity contribution < 1.29 is 23.1 Å². The Balaban J connectivity index is 3.23. The second kappa shape index (κ2) is 5.99. The number of carboxylic acids is 1. The molecule has 1 heterocycles. The van der Waals surface area contributed by atoms with Crippen molar-refractivity contribution in [2.24, 2.45) is 0 Å². The van der Waals surface area contributed by atoms with Gasteiger partial charge in [0.05, 0.1) is 6.42 Å². The number of nitrogens with zero attached hydrogens (tertiary/aromatic N) is 2. The van der Waals surface area contributed by atoms with Crippen molar-refractivity contribution in [3.8, 4) is 0 Å². The molecule has 0 atom stereocenters. The SMILES string of the molecule is CCc1nc(CC(F)(F)F)nc(CC)c1CC(=O)O. The standard InChI is InChI=1S/C12H15F3N2O2/c1-3-8-7(5-11(18)19)9(4-2)17-10(16-8)6-12(13,14)15/h3-6H2,1-2H3,(H,18,19). The number of aromatic nitrogens is 2. The molecule has 0 spiro atoms. The lowest BCUT2D eigenvalue weighted by Crippen LogP contribution is -2.18. The number of halogens is 3. The molecule has 0 aliphatic rings. The first-order chi connectivity index (χ1) is 8.76. The van der Waals surface area contributed by atoms with Gasteiger partial charge >= 0.3 is 12.1 Å². The van der Waals surface area contributed by atoms with E-state index in [4.69, 9.17) is 5.11 Å². The maximum atomic E-state index is 12.3. The number of rotatable bonds is 5. The monoisotopic (exact) mass is 276 g/mol. The zero-order valence-electron chi connectivity index (χ0n) is 10.7. The Bertz CT molecular complexity index is 448. The lowest BCUT2D eigenvalue weighted by Gasteiger charge is -2.13. The van der Waals surface area contributed by atoms with Crippen LogP contribution in [0.4, 0.5) is 13.2 Å². The highest BCUT2D eigenvalue weighted by Crippen LogP contribution is 2.22. The largest absolute Gasteiger partial charge is 0.481 e. The molecule has 0 aliphatic carbocycles. The Morgan fingerprint density at radius 3 is 1.95 bits per heavy atom. The fraction of sp³-hybridized carbons (Fsp3) is 0.583. The predicted octanol–water partition coefficient (Wildman–Crippen LogP) is 2.33. The Hall–Kier alpha value is -1.66. The van der Waals surface area contributed by atoms with E-state index >= 15 is 0 Å². The minimum absolute atomic E-state index is 0.265. The van der Waals surface area contributed by atoms with E-state index in [2.05, 4.69) is 9.97 Å². The van der Waals surface area contributed by atoms with E-state index in [-0.39, 0.29) is 12.2 Å². The van der Waals surface area contributed by atoms with Crippen LogP contribution in [0.15, 0.2) is 0 Å². The van der Waals surface area contributed by atoms with E-state index in [0.717, 1.165) is 0 Å². The maximum Gasteiger partial charge on any atom is 0.396 e.